The summed E-state index contributed by atoms with van der Waals surface area (Å²) in [6.07, 6.45) is 1.89. The first-order valence-corrected chi connectivity index (χ1v) is 8.51. The second-order valence-corrected chi connectivity index (χ2v) is 7.83. The van der Waals surface area contributed by atoms with E-state index in [9.17, 15) is 0 Å². The number of nitrogens with two attached hydrogens (primary N) is 1. The maximum absolute atomic E-state index is 6.24. The van der Waals surface area contributed by atoms with Crippen LogP contribution < -0.4 is 5.73 Å². The standard InChI is InChI=1S/C11H27NO2Si/c1-6-11(4,9-10-12)14-15(5,8-3)13-7-2/h6-10,12H2,1-5H3. The molecule has 0 aliphatic heterocycles. The molecule has 0 heterocycles. The predicted molar refractivity (Wildman–Crippen MR) is 67.2 cm³/mol. The molecular weight excluding hydrogens is 206 g/mol. The molecule has 0 aromatic carbocycles. The van der Waals surface area contributed by atoms with Gasteiger partial charge in [-0.2, -0.15) is 0 Å². The molecule has 15 heavy (non-hydrogen) atoms. The molecule has 4 heteroatoms. The molecular formula is C11H27NO2Si. The zero-order chi connectivity index (χ0) is 11.9. The minimum atomic E-state index is -1.97. The molecule has 0 aliphatic rings. The highest BCUT2D eigenvalue weighted by Crippen LogP contribution is 2.27. The van der Waals surface area contributed by atoms with E-state index in [0.717, 1.165) is 25.5 Å². The third kappa shape index (κ3) is 5.11. The Balaban J connectivity index is 4.47. The van der Waals surface area contributed by atoms with E-state index in [1.807, 2.05) is 6.92 Å². The van der Waals surface area contributed by atoms with Crippen molar-refractivity contribution in [1.82, 2.24) is 0 Å². The molecule has 0 saturated heterocycles. The van der Waals surface area contributed by atoms with Gasteiger partial charge < -0.3 is 14.6 Å². The SMILES string of the molecule is CCO[Si](C)(CC)OC(C)(CC)CCN. The van der Waals surface area contributed by atoms with Crippen LogP contribution in [0.3, 0.4) is 0 Å². The van der Waals surface area contributed by atoms with Gasteiger partial charge in [-0.15, -0.1) is 0 Å². The fourth-order valence-electron chi connectivity index (χ4n) is 1.64. The van der Waals surface area contributed by atoms with Crippen LogP contribution in [0.2, 0.25) is 12.6 Å². The van der Waals surface area contributed by atoms with E-state index in [0.29, 0.717) is 6.54 Å². The Bertz CT molecular complexity index is 162. The molecule has 0 fully saturated rings. The topological polar surface area (TPSA) is 44.5 Å². The lowest BCUT2D eigenvalue weighted by atomic mass is 10.00. The third-order valence-electron chi connectivity index (χ3n) is 2.98. The van der Waals surface area contributed by atoms with Crippen LogP contribution in [0.25, 0.3) is 0 Å². The molecule has 92 valence electrons. The van der Waals surface area contributed by atoms with Gasteiger partial charge in [0.15, 0.2) is 0 Å². The fraction of sp³-hybridized carbons (Fsp3) is 1.00. The van der Waals surface area contributed by atoms with Crippen molar-refractivity contribution in [2.75, 3.05) is 13.2 Å². The Labute approximate surface area is 95.6 Å². The smallest absolute Gasteiger partial charge is 0.335 e. The lowest BCUT2D eigenvalue weighted by molar-refractivity contribution is 0.0297. The Kier molecular flexibility index (Phi) is 6.67. The predicted octanol–water partition coefficient (Wildman–Crippen LogP) is 2.65. The number of hydrogen-bond acceptors (Lipinski definition) is 3. The molecule has 2 N–H and O–H groups in total. The fourth-order valence-corrected chi connectivity index (χ4v) is 3.94. The maximum Gasteiger partial charge on any atom is 0.335 e. The zero-order valence-electron chi connectivity index (χ0n) is 10.9. The van der Waals surface area contributed by atoms with Crippen LogP contribution in [0, 0.1) is 0 Å². The minimum Gasteiger partial charge on any atom is -0.395 e. The van der Waals surface area contributed by atoms with E-state index in [1.54, 1.807) is 0 Å². The van der Waals surface area contributed by atoms with E-state index in [1.165, 1.54) is 0 Å². The first-order chi connectivity index (χ1) is 6.95. The highest BCUT2D eigenvalue weighted by Gasteiger charge is 2.36. The van der Waals surface area contributed by atoms with Crippen molar-refractivity contribution < 1.29 is 8.85 Å². The lowest BCUT2D eigenvalue weighted by Gasteiger charge is -2.37. The van der Waals surface area contributed by atoms with Crippen LogP contribution in [0.4, 0.5) is 0 Å². The van der Waals surface area contributed by atoms with Crippen LogP contribution in [0.15, 0.2) is 0 Å². The van der Waals surface area contributed by atoms with Gasteiger partial charge in [0.1, 0.15) is 0 Å². The van der Waals surface area contributed by atoms with Gasteiger partial charge in [-0.1, -0.05) is 13.8 Å². The molecule has 0 amide bonds. The summed E-state index contributed by atoms with van der Waals surface area (Å²) < 4.78 is 12.0. The van der Waals surface area contributed by atoms with Crippen LogP contribution in [0.5, 0.6) is 0 Å². The Morgan fingerprint density at radius 3 is 2.20 bits per heavy atom. The lowest BCUT2D eigenvalue weighted by Crippen LogP contribution is -2.47. The number of hydrogen-bond donors (Lipinski definition) is 1. The normalized spacial score (nSPS) is 19.6. The summed E-state index contributed by atoms with van der Waals surface area (Å²) in [5.41, 5.74) is 5.51. The van der Waals surface area contributed by atoms with Gasteiger partial charge in [-0.05, 0) is 45.8 Å². The molecule has 2 unspecified atom stereocenters. The number of rotatable bonds is 8. The Morgan fingerprint density at radius 2 is 1.87 bits per heavy atom. The van der Waals surface area contributed by atoms with E-state index >= 15 is 0 Å². The average molecular weight is 233 g/mol. The minimum absolute atomic E-state index is 0.110. The van der Waals surface area contributed by atoms with Crippen molar-refractivity contribution in [1.29, 1.82) is 0 Å². The van der Waals surface area contributed by atoms with Crippen molar-refractivity contribution in [2.24, 2.45) is 5.73 Å². The summed E-state index contributed by atoms with van der Waals surface area (Å²) >= 11 is 0. The van der Waals surface area contributed by atoms with E-state index in [-0.39, 0.29) is 5.60 Å². The van der Waals surface area contributed by atoms with Gasteiger partial charge in [-0.25, -0.2) is 0 Å². The molecule has 3 nitrogen and oxygen atoms in total. The molecule has 0 aromatic rings. The molecule has 0 aliphatic carbocycles. The molecule has 0 bridgehead atoms. The van der Waals surface area contributed by atoms with Gasteiger partial charge in [0.05, 0.1) is 5.60 Å². The van der Waals surface area contributed by atoms with Crippen molar-refractivity contribution in [2.45, 2.75) is 58.7 Å². The molecule has 2 atom stereocenters. The molecule has 0 radical (unpaired) electrons. The molecule has 0 rings (SSSR count). The van der Waals surface area contributed by atoms with Gasteiger partial charge in [0.2, 0.25) is 0 Å². The quantitative estimate of drug-likeness (QED) is 0.656. The Morgan fingerprint density at radius 1 is 1.27 bits per heavy atom. The van der Waals surface area contributed by atoms with Crippen LogP contribution in [-0.2, 0) is 8.85 Å². The largest absolute Gasteiger partial charge is 0.395 e. The summed E-state index contributed by atoms with van der Waals surface area (Å²) in [6.45, 7) is 12.0. The monoisotopic (exact) mass is 233 g/mol. The molecule has 0 saturated carbocycles. The van der Waals surface area contributed by atoms with Gasteiger partial charge >= 0.3 is 8.56 Å². The first kappa shape index (κ1) is 15.1. The maximum atomic E-state index is 6.24. The summed E-state index contributed by atoms with van der Waals surface area (Å²) in [4.78, 5) is 0. The van der Waals surface area contributed by atoms with E-state index in [4.69, 9.17) is 14.6 Å². The summed E-state index contributed by atoms with van der Waals surface area (Å²) in [5.74, 6) is 0. The second-order valence-electron chi connectivity index (χ2n) is 4.36. The summed E-state index contributed by atoms with van der Waals surface area (Å²) in [7, 11) is -1.97. The van der Waals surface area contributed by atoms with Crippen LogP contribution in [0.1, 0.15) is 40.5 Å². The van der Waals surface area contributed by atoms with Crippen molar-refractivity contribution in [3.8, 4) is 0 Å². The van der Waals surface area contributed by atoms with Crippen LogP contribution in [-0.4, -0.2) is 27.3 Å². The van der Waals surface area contributed by atoms with Gasteiger partial charge in [-0.3, -0.25) is 0 Å². The third-order valence-corrected chi connectivity index (χ3v) is 6.08. The first-order valence-electron chi connectivity index (χ1n) is 5.99. The second kappa shape index (κ2) is 6.63. The van der Waals surface area contributed by atoms with E-state index < -0.39 is 8.56 Å². The van der Waals surface area contributed by atoms with Crippen molar-refractivity contribution in [3.05, 3.63) is 0 Å². The highest BCUT2D eigenvalue weighted by atomic mass is 28.4. The van der Waals surface area contributed by atoms with Gasteiger partial charge in [0, 0.05) is 6.61 Å². The highest BCUT2D eigenvalue weighted by molar-refractivity contribution is 6.66. The average Bonchev–Trinajstić information content (AvgIpc) is 2.18. The summed E-state index contributed by atoms with van der Waals surface area (Å²) in [6, 6.07) is 0.987. The Hall–Kier alpha value is 0.0969. The summed E-state index contributed by atoms with van der Waals surface area (Å²) in [5, 5.41) is 0. The zero-order valence-corrected chi connectivity index (χ0v) is 11.9. The molecule has 0 aromatic heterocycles. The van der Waals surface area contributed by atoms with E-state index in [2.05, 4.69) is 27.3 Å². The molecule has 0 spiro atoms. The van der Waals surface area contributed by atoms with Crippen molar-refractivity contribution >= 4 is 8.56 Å². The van der Waals surface area contributed by atoms with Crippen LogP contribution >= 0.6 is 0 Å². The van der Waals surface area contributed by atoms with Gasteiger partial charge in [0.25, 0.3) is 0 Å². The van der Waals surface area contributed by atoms with Crippen molar-refractivity contribution in [3.63, 3.8) is 0 Å².